The zero-order valence-corrected chi connectivity index (χ0v) is 15.5. The molecule has 0 aliphatic carbocycles. The minimum absolute atomic E-state index is 0. The summed E-state index contributed by atoms with van der Waals surface area (Å²) in [5.74, 6) is -0.0679. The normalized spacial score (nSPS) is 16.4. The predicted molar refractivity (Wildman–Crippen MR) is 99.7 cm³/mol. The van der Waals surface area contributed by atoms with Gasteiger partial charge in [-0.2, -0.15) is 0 Å². The molecule has 8 heteroatoms. The Labute approximate surface area is 150 Å². The highest BCUT2D eigenvalue weighted by Gasteiger charge is 2.30. The van der Waals surface area contributed by atoms with Crippen LogP contribution in [0.1, 0.15) is 32.6 Å². The van der Waals surface area contributed by atoms with Gasteiger partial charge in [0.25, 0.3) is 0 Å². The van der Waals surface area contributed by atoms with Gasteiger partial charge in [-0.1, -0.05) is 25.5 Å². The van der Waals surface area contributed by atoms with Crippen LogP contribution >= 0.6 is 12.4 Å². The van der Waals surface area contributed by atoms with Gasteiger partial charge in [0.1, 0.15) is 0 Å². The van der Waals surface area contributed by atoms with Crippen molar-refractivity contribution >= 4 is 39.7 Å². The molecule has 24 heavy (non-hydrogen) atoms. The Hall–Kier alpha value is -1.31. The zero-order chi connectivity index (χ0) is 16.9. The molecule has 0 aromatic heterocycles. The van der Waals surface area contributed by atoms with Gasteiger partial charge in [-0.25, -0.2) is 12.7 Å². The van der Waals surface area contributed by atoms with Gasteiger partial charge in [-0.3, -0.25) is 4.79 Å². The number of para-hydroxylation sites is 2. The molecule has 1 aliphatic rings. The number of nitrogens with one attached hydrogen (secondary N) is 1. The second-order valence-electron chi connectivity index (χ2n) is 5.92. The van der Waals surface area contributed by atoms with Crippen LogP contribution in [0.25, 0.3) is 0 Å². The van der Waals surface area contributed by atoms with Gasteiger partial charge >= 0.3 is 0 Å². The number of rotatable bonds is 6. The van der Waals surface area contributed by atoms with Gasteiger partial charge < -0.3 is 11.1 Å². The van der Waals surface area contributed by atoms with Crippen LogP contribution in [0, 0.1) is 5.92 Å². The number of sulfonamides is 1. The zero-order valence-electron chi connectivity index (χ0n) is 13.9. The maximum absolute atomic E-state index is 12.3. The molecule has 0 atom stereocenters. The standard InChI is InChI=1S/C16H25N3O3S.ClH/c1-2-3-12-23(21,22)19-10-8-13(9-11-19)16(20)18-15-7-5-4-6-14(15)17;/h4-7,13H,2-3,8-12,17H2,1H3,(H,18,20);1H. The lowest BCUT2D eigenvalue weighted by molar-refractivity contribution is -0.120. The van der Waals surface area contributed by atoms with E-state index in [1.54, 1.807) is 12.1 Å². The third kappa shape index (κ3) is 5.36. The molecule has 0 saturated carbocycles. The van der Waals surface area contributed by atoms with Crippen molar-refractivity contribution in [3.63, 3.8) is 0 Å². The molecule has 0 bridgehead atoms. The average Bonchev–Trinajstić information content (AvgIpc) is 2.55. The van der Waals surface area contributed by atoms with E-state index in [-0.39, 0.29) is 30.0 Å². The van der Waals surface area contributed by atoms with Crippen LogP contribution in [0.5, 0.6) is 0 Å². The molecule has 1 aliphatic heterocycles. The van der Waals surface area contributed by atoms with Crippen LogP contribution in [-0.2, 0) is 14.8 Å². The number of hydrogen-bond acceptors (Lipinski definition) is 4. The quantitative estimate of drug-likeness (QED) is 0.747. The van der Waals surface area contributed by atoms with E-state index in [1.165, 1.54) is 4.31 Å². The number of anilines is 2. The van der Waals surface area contributed by atoms with Gasteiger partial charge in [-0.05, 0) is 31.4 Å². The summed E-state index contributed by atoms with van der Waals surface area (Å²) in [4.78, 5) is 12.3. The van der Waals surface area contributed by atoms with Crippen molar-refractivity contribution in [1.82, 2.24) is 4.31 Å². The van der Waals surface area contributed by atoms with Crippen LogP contribution in [0.15, 0.2) is 24.3 Å². The van der Waals surface area contributed by atoms with Gasteiger partial charge in [0.2, 0.25) is 15.9 Å². The number of nitrogens with two attached hydrogens (primary N) is 1. The second-order valence-corrected chi connectivity index (χ2v) is 8.01. The molecule has 1 amide bonds. The molecule has 1 heterocycles. The van der Waals surface area contributed by atoms with E-state index in [1.807, 2.05) is 19.1 Å². The van der Waals surface area contributed by atoms with Gasteiger partial charge in [0, 0.05) is 19.0 Å². The molecule has 6 nitrogen and oxygen atoms in total. The van der Waals surface area contributed by atoms with Crippen molar-refractivity contribution in [3.05, 3.63) is 24.3 Å². The summed E-state index contributed by atoms with van der Waals surface area (Å²) >= 11 is 0. The van der Waals surface area contributed by atoms with Crippen molar-refractivity contribution in [2.75, 3.05) is 29.9 Å². The van der Waals surface area contributed by atoms with Gasteiger partial charge in [0.05, 0.1) is 17.1 Å². The number of halogens is 1. The minimum Gasteiger partial charge on any atom is -0.397 e. The summed E-state index contributed by atoms with van der Waals surface area (Å²) in [7, 11) is -3.18. The lowest BCUT2D eigenvalue weighted by Crippen LogP contribution is -2.42. The van der Waals surface area contributed by atoms with E-state index in [4.69, 9.17) is 5.73 Å². The first-order valence-electron chi connectivity index (χ1n) is 8.07. The third-order valence-electron chi connectivity index (χ3n) is 4.19. The van der Waals surface area contributed by atoms with E-state index in [9.17, 15) is 13.2 Å². The Balaban J connectivity index is 0.00000288. The third-order valence-corrected chi connectivity index (χ3v) is 6.15. The second kappa shape index (κ2) is 9.25. The monoisotopic (exact) mass is 375 g/mol. The van der Waals surface area contributed by atoms with Crippen LogP contribution < -0.4 is 11.1 Å². The topological polar surface area (TPSA) is 92.5 Å². The number of carbonyl (C=O) groups is 1. The predicted octanol–water partition coefficient (Wildman–Crippen LogP) is 2.47. The highest BCUT2D eigenvalue weighted by molar-refractivity contribution is 7.89. The molecule has 1 saturated heterocycles. The molecule has 3 N–H and O–H groups in total. The lowest BCUT2D eigenvalue weighted by Gasteiger charge is -2.30. The summed E-state index contributed by atoms with van der Waals surface area (Å²) in [6.07, 6.45) is 2.63. The van der Waals surface area contributed by atoms with E-state index in [2.05, 4.69) is 5.32 Å². The molecule has 0 radical (unpaired) electrons. The highest BCUT2D eigenvalue weighted by atomic mass is 35.5. The van der Waals surface area contributed by atoms with Crippen LogP contribution in [0.2, 0.25) is 0 Å². The first kappa shape index (κ1) is 20.7. The molecule has 1 aromatic carbocycles. The van der Waals surface area contributed by atoms with Crippen molar-refractivity contribution in [1.29, 1.82) is 0 Å². The van der Waals surface area contributed by atoms with Crippen molar-refractivity contribution in [3.8, 4) is 0 Å². The number of piperidine rings is 1. The molecule has 136 valence electrons. The summed E-state index contributed by atoms with van der Waals surface area (Å²) in [6, 6.07) is 7.12. The Morgan fingerprint density at radius 2 is 1.92 bits per heavy atom. The molecule has 1 fully saturated rings. The molecule has 0 unspecified atom stereocenters. The fourth-order valence-corrected chi connectivity index (χ4v) is 4.38. The SMILES string of the molecule is CCCCS(=O)(=O)N1CCC(C(=O)Nc2ccccc2N)CC1.Cl. The highest BCUT2D eigenvalue weighted by Crippen LogP contribution is 2.24. The molecule has 2 rings (SSSR count). The van der Waals surface area contributed by atoms with E-state index >= 15 is 0 Å². The van der Waals surface area contributed by atoms with E-state index in [0.29, 0.717) is 43.7 Å². The van der Waals surface area contributed by atoms with E-state index in [0.717, 1.165) is 6.42 Å². The van der Waals surface area contributed by atoms with Gasteiger partial charge in [0.15, 0.2) is 0 Å². The van der Waals surface area contributed by atoms with Crippen LogP contribution in [-0.4, -0.2) is 37.5 Å². The summed E-state index contributed by atoms with van der Waals surface area (Å²) in [5, 5.41) is 2.84. The lowest BCUT2D eigenvalue weighted by atomic mass is 9.97. The number of nitrogens with zero attached hydrogens (tertiary/aromatic N) is 1. The maximum Gasteiger partial charge on any atom is 0.227 e. The first-order valence-corrected chi connectivity index (χ1v) is 9.68. The first-order chi connectivity index (χ1) is 10.9. The number of amides is 1. The Bertz CT molecular complexity index is 644. The fraction of sp³-hybridized carbons (Fsp3) is 0.562. The van der Waals surface area contributed by atoms with Crippen LogP contribution in [0.4, 0.5) is 11.4 Å². The number of nitrogen functional groups attached to an aromatic ring is 1. The maximum atomic E-state index is 12.3. The molecular formula is C16H26ClN3O3S. The summed E-state index contributed by atoms with van der Waals surface area (Å²) < 4.78 is 25.8. The van der Waals surface area contributed by atoms with Gasteiger partial charge in [-0.15, -0.1) is 12.4 Å². The minimum atomic E-state index is -3.18. The molecule has 0 spiro atoms. The van der Waals surface area contributed by atoms with E-state index < -0.39 is 10.0 Å². The Morgan fingerprint density at radius 3 is 2.50 bits per heavy atom. The average molecular weight is 376 g/mol. The van der Waals surface area contributed by atoms with Crippen molar-refractivity contribution in [2.24, 2.45) is 5.92 Å². The molecular weight excluding hydrogens is 350 g/mol. The Morgan fingerprint density at radius 1 is 1.29 bits per heavy atom. The summed E-state index contributed by atoms with van der Waals surface area (Å²) in [6.45, 7) is 2.80. The fourth-order valence-electron chi connectivity index (χ4n) is 2.70. The summed E-state index contributed by atoms with van der Waals surface area (Å²) in [5.41, 5.74) is 6.96. The Kier molecular flexibility index (Phi) is 7.99. The van der Waals surface area contributed by atoms with Crippen LogP contribution in [0.3, 0.4) is 0 Å². The number of carbonyl (C=O) groups excluding carboxylic acids is 1. The van der Waals surface area contributed by atoms with Crippen molar-refractivity contribution < 1.29 is 13.2 Å². The van der Waals surface area contributed by atoms with Crippen molar-refractivity contribution in [2.45, 2.75) is 32.6 Å². The largest absolute Gasteiger partial charge is 0.397 e. The number of benzene rings is 1. The smallest absolute Gasteiger partial charge is 0.227 e. The number of hydrogen-bond donors (Lipinski definition) is 2. The number of unbranched alkanes of at least 4 members (excludes halogenated alkanes) is 1. The molecule has 1 aromatic rings.